The molecule has 0 aliphatic carbocycles. The quantitative estimate of drug-likeness (QED) is 0.726. The van der Waals surface area contributed by atoms with Crippen LogP contribution in [0.25, 0.3) is 0 Å². The molecule has 0 saturated carbocycles. The topological polar surface area (TPSA) is 100 Å². The largest absolute Gasteiger partial charge is 0.482 e. The zero-order chi connectivity index (χ0) is 19.2. The maximum Gasteiger partial charge on any atom is 0.343 e. The van der Waals surface area contributed by atoms with Gasteiger partial charge < -0.3 is 9.84 Å². The fourth-order valence-electron chi connectivity index (χ4n) is 3.59. The third-order valence-electron chi connectivity index (χ3n) is 5.05. The van der Waals surface area contributed by atoms with Crippen LogP contribution in [0, 0.1) is 5.92 Å². The number of aromatic nitrogens is 3. The molecule has 27 heavy (non-hydrogen) atoms. The summed E-state index contributed by atoms with van der Waals surface area (Å²) in [5, 5.41) is 15.5. The Morgan fingerprint density at radius 1 is 1.33 bits per heavy atom. The highest BCUT2D eigenvalue weighted by atomic mass is 16.5. The summed E-state index contributed by atoms with van der Waals surface area (Å²) < 4.78 is 7.09. The summed E-state index contributed by atoms with van der Waals surface area (Å²) >= 11 is 0. The van der Waals surface area contributed by atoms with Gasteiger partial charge in [0.15, 0.2) is 6.61 Å². The van der Waals surface area contributed by atoms with Crippen molar-refractivity contribution in [2.75, 3.05) is 19.7 Å². The van der Waals surface area contributed by atoms with Crippen molar-refractivity contribution in [1.29, 1.82) is 0 Å². The van der Waals surface area contributed by atoms with Crippen LogP contribution in [0.15, 0.2) is 29.1 Å². The van der Waals surface area contributed by atoms with Crippen molar-refractivity contribution in [3.8, 4) is 5.75 Å². The second kappa shape index (κ2) is 8.85. The first-order chi connectivity index (χ1) is 13.1. The van der Waals surface area contributed by atoms with Crippen molar-refractivity contribution < 1.29 is 14.6 Å². The van der Waals surface area contributed by atoms with E-state index in [1.165, 1.54) is 0 Å². The van der Waals surface area contributed by atoms with Gasteiger partial charge in [-0.1, -0.05) is 18.2 Å². The molecule has 2 N–H and O–H groups in total. The summed E-state index contributed by atoms with van der Waals surface area (Å²) in [6.45, 7) is 4.91. The number of nitrogens with zero attached hydrogens (tertiary/aromatic N) is 3. The molecule has 0 amide bonds. The molecule has 0 atom stereocenters. The van der Waals surface area contributed by atoms with E-state index in [0.29, 0.717) is 18.2 Å². The van der Waals surface area contributed by atoms with E-state index >= 15 is 0 Å². The van der Waals surface area contributed by atoms with Crippen molar-refractivity contribution in [3.05, 3.63) is 46.1 Å². The number of hydrogen-bond acceptors (Lipinski definition) is 5. The van der Waals surface area contributed by atoms with Crippen LogP contribution in [0.5, 0.6) is 5.75 Å². The van der Waals surface area contributed by atoms with Gasteiger partial charge in [-0.2, -0.15) is 5.10 Å². The zero-order valence-electron chi connectivity index (χ0n) is 15.6. The van der Waals surface area contributed by atoms with E-state index in [2.05, 4.69) is 15.1 Å². The van der Waals surface area contributed by atoms with Crippen LogP contribution in [0.1, 0.15) is 31.2 Å². The fourth-order valence-corrected chi connectivity index (χ4v) is 3.59. The van der Waals surface area contributed by atoms with E-state index in [-0.39, 0.29) is 12.3 Å². The highest BCUT2D eigenvalue weighted by molar-refractivity contribution is 5.68. The molecule has 0 bridgehead atoms. The molecule has 8 nitrogen and oxygen atoms in total. The Hall–Kier alpha value is -2.61. The van der Waals surface area contributed by atoms with Gasteiger partial charge in [0.05, 0.1) is 0 Å². The maximum atomic E-state index is 11.7. The molecular weight excluding hydrogens is 348 g/mol. The number of nitrogens with one attached hydrogen (secondary N) is 1. The molecule has 1 aliphatic heterocycles. The number of carboxylic acid groups (broad SMARTS) is 1. The summed E-state index contributed by atoms with van der Waals surface area (Å²) in [6.07, 6.45) is 2.91. The third-order valence-corrected chi connectivity index (χ3v) is 5.05. The molecule has 1 saturated heterocycles. The highest BCUT2D eigenvalue weighted by Crippen LogP contribution is 2.25. The van der Waals surface area contributed by atoms with Crippen LogP contribution in [0.3, 0.4) is 0 Å². The van der Waals surface area contributed by atoms with Crippen molar-refractivity contribution in [2.45, 2.75) is 39.3 Å². The molecule has 1 fully saturated rings. The van der Waals surface area contributed by atoms with E-state index in [1.54, 1.807) is 4.57 Å². The van der Waals surface area contributed by atoms with Crippen LogP contribution in [0.4, 0.5) is 0 Å². The first-order valence-electron chi connectivity index (χ1n) is 9.35. The third kappa shape index (κ3) is 4.97. The van der Waals surface area contributed by atoms with E-state index in [9.17, 15) is 9.59 Å². The van der Waals surface area contributed by atoms with Gasteiger partial charge in [-0.3, -0.25) is 9.47 Å². The predicted octanol–water partition coefficient (Wildman–Crippen LogP) is 1.51. The Morgan fingerprint density at radius 2 is 2.07 bits per heavy atom. The smallest absolute Gasteiger partial charge is 0.343 e. The minimum Gasteiger partial charge on any atom is -0.482 e. The molecule has 2 heterocycles. The number of likely N-dealkylation sites (tertiary alicyclic amines) is 1. The lowest BCUT2D eigenvalue weighted by atomic mass is 9.93. The second-order valence-corrected chi connectivity index (χ2v) is 6.90. The lowest BCUT2D eigenvalue weighted by Gasteiger charge is -2.32. The highest BCUT2D eigenvalue weighted by Gasteiger charge is 2.22. The van der Waals surface area contributed by atoms with Gasteiger partial charge in [-0.05, 0) is 44.8 Å². The Bertz CT molecular complexity index is 821. The standard InChI is InChI=1S/C19H26N4O4/c1-2-23-17(20-21-19(23)26)11-14-7-9-22(10-8-14)12-15-5-3-4-6-16(15)27-13-18(24)25/h3-6,14H,2,7-13H2,1H3,(H,21,26)(H,24,25). The lowest BCUT2D eigenvalue weighted by Crippen LogP contribution is -2.34. The monoisotopic (exact) mass is 374 g/mol. The summed E-state index contributed by atoms with van der Waals surface area (Å²) in [4.78, 5) is 24.8. The van der Waals surface area contributed by atoms with Gasteiger partial charge in [0.2, 0.25) is 0 Å². The number of rotatable bonds is 8. The minimum atomic E-state index is -0.977. The first-order valence-corrected chi connectivity index (χ1v) is 9.35. The van der Waals surface area contributed by atoms with Crippen molar-refractivity contribution in [2.24, 2.45) is 5.92 Å². The first kappa shape index (κ1) is 19.2. The Kier molecular flexibility index (Phi) is 6.28. The lowest BCUT2D eigenvalue weighted by molar-refractivity contribution is -0.139. The van der Waals surface area contributed by atoms with E-state index < -0.39 is 5.97 Å². The van der Waals surface area contributed by atoms with Gasteiger partial charge in [-0.15, -0.1) is 0 Å². The molecule has 0 unspecified atom stereocenters. The molecule has 3 rings (SSSR count). The van der Waals surface area contributed by atoms with Gasteiger partial charge in [0, 0.05) is 25.1 Å². The molecule has 0 radical (unpaired) electrons. The van der Waals surface area contributed by atoms with Crippen molar-refractivity contribution in [1.82, 2.24) is 19.7 Å². The summed E-state index contributed by atoms with van der Waals surface area (Å²) in [5.74, 6) is 1.01. The van der Waals surface area contributed by atoms with Gasteiger partial charge in [-0.25, -0.2) is 14.7 Å². The van der Waals surface area contributed by atoms with Crippen molar-refractivity contribution >= 4 is 5.97 Å². The van der Waals surface area contributed by atoms with Crippen LogP contribution in [0.2, 0.25) is 0 Å². The number of H-pyrrole nitrogens is 1. The molecule has 146 valence electrons. The molecule has 0 spiro atoms. The Morgan fingerprint density at radius 3 is 2.78 bits per heavy atom. The Balaban J connectivity index is 1.54. The molecule has 1 aromatic carbocycles. The number of piperidine rings is 1. The normalized spacial score (nSPS) is 15.7. The van der Waals surface area contributed by atoms with E-state index in [4.69, 9.17) is 9.84 Å². The number of carbonyl (C=O) groups is 1. The average Bonchev–Trinajstić information content (AvgIpc) is 3.02. The van der Waals surface area contributed by atoms with Gasteiger partial charge in [0.25, 0.3) is 0 Å². The van der Waals surface area contributed by atoms with Crippen LogP contribution >= 0.6 is 0 Å². The van der Waals surface area contributed by atoms with Crippen LogP contribution in [-0.4, -0.2) is 50.4 Å². The summed E-state index contributed by atoms with van der Waals surface area (Å²) in [7, 11) is 0. The molecule has 2 aromatic rings. The minimum absolute atomic E-state index is 0.136. The number of aromatic amines is 1. The van der Waals surface area contributed by atoms with Crippen LogP contribution < -0.4 is 10.4 Å². The molecule has 8 heteroatoms. The SMILES string of the molecule is CCn1c(CC2CCN(Cc3ccccc3OCC(=O)O)CC2)n[nH]c1=O. The van der Waals surface area contributed by atoms with Crippen molar-refractivity contribution in [3.63, 3.8) is 0 Å². The maximum absolute atomic E-state index is 11.7. The zero-order valence-corrected chi connectivity index (χ0v) is 15.6. The number of carboxylic acids is 1. The molecule has 1 aromatic heterocycles. The molecule has 1 aliphatic rings. The number of aliphatic carboxylic acids is 1. The number of hydrogen-bond donors (Lipinski definition) is 2. The molecular formula is C19H26N4O4. The number of benzene rings is 1. The van der Waals surface area contributed by atoms with E-state index in [0.717, 1.165) is 50.3 Å². The van der Waals surface area contributed by atoms with Gasteiger partial charge >= 0.3 is 11.7 Å². The summed E-state index contributed by atoms with van der Waals surface area (Å²) in [5.41, 5.74) is 0.868. The van der Waals surface area contributed by atoms with Crippen LogP contribution in [-0.2, 0) is 24.3 Å². The van der Waals surface area contributed by atoms with E-state index in [1.807, 2.05) is 31.2 Å². The Labute approximate surface area is 157 Å². The number of para-hydroxylation sites is 1. The summed E-state index contributed by atoms with van der Waals surface area (Å²) in [6, 6.07) is 7.58. The average molecular weight is 374 g/mol. The predicted molar refractivity (Wildman–Crippen MR) is 99.8 cm³/mol. The fraction of sp³-hybridized carbons (Fsp3) is 0.526. The second-order valence-electron chi connectivity index (χ2n) is 6.90. The van der Waals surface area contributed by atoms with Gasteiger partial charge in [0.1, 0.15) is 11.6 Å². The number of ether oxygens (including phenoxy) is 1.